The van der Waals surface area contributed by atoms with Crippen molar-refractivity contribution in [1.82, 2.24) is 14.7 Å². The standard InChI is InChI=1S/C13H18F3N3O4S/c1-2-18-6-10(5-17-18)11-8-24(21,22)4-3-19(11)12(20)7-23-9-13(14,15)16/h5-6,11H,2-4,7-9H2,1H3. The monoisotopic (exact) mass is 369 g/mol. The molecule has 1 atom stereocenters. The number of alkyl halides is 3. The molecule has 0 radical (unpaired) electrons. The zero-order valence-corrected chi connectivity index (χ0v) is 13.8. The van der Waals surface area contributed by atoms with E-state index >= 15 is 0 Å². The van der Waals surface area contributed by atoms with Gasteiger partial charge in [0.05, 0.1) is 23.7 Å². The predicted octanol–water partition coefficient (Wildman–Crippen LogP) is 0.780. The Morgan fingerprint density at radius 3 is 2.75 bits per heavy atom. The molecule has 1 aliphatic heterocycles. The molecule has 0 bridgehead atoms. The first-order valence-electron chi connectivity index (χ1n) is 7.28. The lowest BCUT2D eigenvalue weighted by atomic mass is 10.1. The highest BCUT2D eigenvalue weighted by Gasteiger charge is 2.36. The number of hydrogen-bond donors (Lipinski definition) is 0. The molecule has 1 saturated heterocycles. The third kappa shape index (κ3) is 4.94. The largest absolute Gasteiger partial charge is 0.411 e. The highest BCUT2D eigenvalue weighted by Crippen LogP contribution is 2.27. The molecule has 1 aromatic heterocycles. The van der Waals surface area contributed by atoms with Crippen molar-refractivity contribution in [3.63, 3.8) is 0 Å². The summed E-state index contributed by atoms with van der Waals surface area (Å²) in [5.41, 5.74) is 0.532. The molecule has 2 heterocycles. The molecule has 7 nitrogen and oxygen atoms in total. The second-order valence-corrected chi connectivity index (χ2v) is 7.68. The smallest absolute Gasteiger partial charge is 0.362 e. The summed E-state index contributed by atoms with van der Waals surface area (Å²) in [6.07, 6.45) is -1.43. The van der Waals surface area contributed by atoms with Gasteiger partial charge in [-0.3, -0.25) is 9.48 Å². The van der Waals surface area contributed by atoms with Crippen LogP contribution in [0.2, 0.25) is 0 Å². The van der Waals surface area contributed by atoms with Crippen LogP contribution in [0.4, 0.5) is 13.2 Å². The van der Waals surface area contributed by atoms with Gasteiger partial charge < -0.3 is 9.64 Å². The van der Waals surface area contributed by atoms with Crippen LogP contribution >= 0.6 is 0 Å². The van der Waals surface area contributed by atoms with Gasteiger partial charge in [-0.25, -0.2) is 8.42 Å². The lowest BCUT2D eigenvalue weighted by Crippen LogP contribution is -2.47. The number of carbonyl (C=O) groups excluding carboxylic acids is 1. The van der Waals surface area contributed by atoms with Gasteiger partial charge in [-0.1, -0.05) is 0 Å². The maximum atomic E-state index is 12.2. The molecule has 0 aliphatic carbocycles. The summed E-state index contributed by atoms with van der Waals surface area (Å²) in [6, 6.07) is -0.772. The number of aryl methyl sites for hydroxylation is 1. The third-order valence-corrected chi connectivity index (χ3v) is 5.23. The first-order chi connectivity index (χ1) is 11.1. The number of aromatic nitrogens is 2. The van der Waals surface area contributed by atoms with Crippen molar-refractivity contribution in [2.24, 2.45) is 0 Å². The molecule has 1 unspecified atom stereocenters. The molecule has 0 N–H and O–H groups in total. The second-order valence-electron chi connectivity index (χ2n) is 5.45. The molecular weight excluding hydrogens is 351 g/mol. The Morgan fingerprint density at radius 1 is 1.46 bits per heavy atom. The van der Waals surface area contributed by atoms with Gasteiger partial charge in [0.1, 0.15) is 13.2 Å². The maximum Gasteiger partial charge on any atom is 0.411 e. The van der Waals surface area contributed by atoms with Gasteiger partial charge in [0.25, 0.3) is 0 Å². The van der Waals surface area contributed by atoms with Gasteiger partial charge >= 0.3 is 6.18 Å². The van der Waals surface area contributed by atoms with Gasteiger partial charge in [0.2, 0.25) is 5.91 Å². The number of sulfone groups is 1. The van der Waals surface area contributed by atoms with E-state index < -0.39 is 41.2 Å². The van der Waals surface area contributed by atoms with E-state index in [9.17, 15) is 26.4 Å². The fraction of sp³-hybridized carbons (Fsp3) is 0.692. The fourth-order valence-corrected chi connectivity index (χ4v) is 3.94. The first-order valence-corrected chi connectivity index (χ1v) is 9.10. The number of rotatable bonds is 5. The number of nitrogens with zero attached hydrogens (tertiary/aromatic N) is 3. The lowest BCUT2D eigenvalue weighted by Gasteiger charge is -2.35. The van der Waals surface area contributed by atoms with Crippen LogP contribution in [0.25, 0.3) is 0 Å². The Bertz CT molecular complexity index is 687. The van der Waals surface area contributed by atoms with Crippen LogP contribution in [0.3, 0.4) is 0 Å². The van der Waals surface area contributed by atoms with Crippen molar-refractivity contribution in [2.45, 2.75) is 25.7 Å². The summed E-state index contributed by atoms with van der Waals surface area (Å²) in [5, 5.41) is 4.05. The van der Waals surface area contributed by atoms with Gasteiger partial charge in [-0.05, 0) is 6.92 Å². The van der Waals surface area contributed by atoms with Crippen LogP contribution in [-0.4, -0.2) is 66.4 Å². The number of amides is 1. The van der Waals surface area contributed by atoms with Crippen LogP contribution in [0.5, 0.6) is 0 Å². The van der Waals surface area contributed by atoms with E-state index in [2.05, 4.69) is 9.84 Å². The maximum absolute atomic E-state index is 12.2. The third-order valence-electron chi connectivity index (χ3n) is 3.60. The molecule has 24 heavy (non-hydrogen) atoms. The average Bonchev–Trinajstić information content (AvgIpc) is 2.93. The summed E-state index contributed by atoms with van der Waals surface area (Å²) in [6.45, 7) is 0.0597. The Kier molecular flexibility index (Phi) is 5.53. The summed E-state index contributed by atoms with van der Waals surface area (Å²) >= 11 is 0. The second kappa shape index (κ2) is 7.09. The van der Waals surface area contributed by atoms with E-state index in [4.69, 9.17) is 0 Å². The fourth-order valence-electron chi connectivity index (χ4n) is 2.44. The summed E-state index contributed by atoms with van der Waals surface area (Å²) in [4.78, 5) is 13.4. The molecule has 1 fully saturated rings. The summed E-state index contributed by atoms with van der Waals surface area (Å²) in [7, 11) is -3.34. The normalized spacial score (nSPS) is 21.0. The van der Waals surface area contributed by atoms with Crippen molar-refractivity contribution in [3.8, 4) is 0 Å². The van der Waals surface area contributed by atoms with Gasteiger partial charge in [-0.2, -0.15) is 18.3 Å². The van der Waals surface area contributed by atoms with E-state index in [1.165, 1.54) is 11.1 Å². The van der Waals surface area contributed by atoms with Crippen molar-refractivity contribution in [3.05, 3.63) is 18.0 Å². The molecule has 2 rings (SSSR count). The SMILES string of the molecule is CCn1cc(C2CS(=O)(=O)CCN2C(=O)COCC(F)(F)F)cn1. The molecule has 1 aliphatic rings. The Balaban J connectivity index is 2.11. The van der Waals surface area contributed by atoms with Crippen LogP contribution in [0, 0.1) is 0 Å². The number of hydrogen-bond acceptors (Lipinski definition) is 5. The predicted molar refractivity (Wildman–Crippen MR) is 77.9 cm³/mol. The molecule has 0 spiro atoms. The zero-order chi connectivity index (χ0) is 18.0. The Morgan fingerprint density at radius 2 is 2.17 bits per heavy atom. The highest BCUT2D eigenvalue weighted by molar-refractivity contribution is 7.91. The zero-order valence-electron chi connectivity index (χ0n) is 13.0. The molecule has 1 aromatic rings. The Labute approximate surface area is 137 Å². The number of carbonyl (C=O) groups is 1. The average molecular weight is 369 g/mol. The molecule has 136 valence electrons. The van der Waals surface area contributed by atoms with E-state index in [1.807, 2.05) is 6.92 Å². The van der Waals surface area contributed by atoms with Crippen LogP contribution < -0.4 is 0 Å². The first kappa shape index (κ1) is 18.7. The van der Waals surface area contributed by atoms with Gasteiger partial charge in [0, 0.05) is 24.8 Å². The molecular formula is C13H18F3N3O4S. The molecule has 0 aromatic carbocycles. The van der Waals surface area contributed by atoms with Crippen LogP contribution in [-0.2, 0) is 25.9 Å². The van der Waals surface area contributed by atoms with E-state index in [0.717, 1.165) is 0 Å². The Hall–Kier alpha value is -1.62. The molecule has 11 heteroatoms. The van der Waals surface area contributed by atoms with Gasteiger partial charge in [0.15, 0.2) is 9.84 Å². The summed E-state index contributed by atoms with van der Waals surface area (Å²) in [5.74, 6) is -1.19. The van der Waals surface area contributed by atoms with Crippen LogP contribution in [0.1, 0.15) is 18.5 Å². The minimum atomic E-state index is -4.52. The minimum Gasteiger partial charge on any atom is -0.362 e. The quantitative estimate of drug-likeness (QED) is 0.766. The van der Waals surface area contributed by atoms with Crippen molar-refractivity contribution < 1.29 is 31.1 Å². The molecule has 0 saturated carbocycles. The van der Waals surface area contributed by atoms with Gasteiger partial charge in [-0.15, -0.1) is 0 Å². The van der Waals surface area contributed by atoms with E-state index in [0.29, 0.717) is 12.1 Å². The van der Waals surface area contributed by atoms with Crippen molar-refractivity contribution >= 4 is 15.7 Å². The number of ether oxygens (including phenoxy) is 1. The highest BCUT2D eigenvalue weighted by atomic mass is 32.2. The van der Waals surface area contributed by atoms with E-state index in [-0.39, 0.29) is 18.1 Å². The number of halogens is 3. The van der Waals surface area contributed by atoms with Crippen LogP contribution in [0.15, 0.2) is 12.4 Å². The lowest BCUT2D eigenvalue weighted by molar-refractivity contribution is -0.178. The minimum absolute atomic E-state index is 0.0848. The van der Waals surface area contributed by atoms with E-state index in [1.54, 1.807) is 10.9 Å². The van der Waals surface area contributed by atoms with Crippen molar-refractivity contribution in [1.29, 1.82) is 0 Å². The van der Waals surface area contributed by atoms with Crippen molar-refractivity contribution in [2.75, 3.05) is 31.3 Å². The topological polar surface area (TPSA) is 81.5 Å². The molecule has 1 amide bonds. The summed E-state index contributed by atoms with van der Waals surface area (Å²) < 4.78 is 66.0.